The van der Waals surface area contributed by atoms with Crippen molar-refractivity contribution < 1.29 is 14.4 Å². The van der Waals surface area contributed by atoms with Crippen LogP contribution in [0.2, 0.25) is 0 Å². The number of benzene rings is 1. The first-order chi connectivity index (χ1) is 12.0. The van der Waals surface area contributed by atoms with Crippen LogP contribution < -0.4 is 0 Å². The lowest BCUT2D eigenvalue weighted by Gasteiger charge is -2.22. The quantitative estimate of drug-likeness (QED) is 0.693. The lowest BCUT2D eigenvalue weighted by Crippen LogP contribution is -2.42. The first-order valence-electron chi connectivity index (χ1n) is 8.33. The summed E-state index contributed by atoms with van der Waals surface area (Å²) in [5.41, 5.74) is 0.840. The van der Waals surface area contributed by atoms with Crippen LogP contribution in [0.5, 0.6) is 0 Å². The van der Waals surface area contributed by atoms with Crippen molar-refractivity contribution in [2.45, 2.75) is 25.7 Å². The first-order valence-corrected chi connectivity index (χ1v) is 9.94. The molecule has 0 N–H and O–H groups in total. The third-order valence-corrected chi connectivity index (χ3v) is 5.73. The zero-order valence-corrected chi connectivity index (χ0v) is 16.1. The van der Waals surface area contributed by atoms with Crippen molar-refractivity contribution in [3.05, 3.63) is 39.2 Å². The van der Waals surface area contributed by atoms with Crippen molar-refractivity contribution in [1.82, 2.24) is 9.80 Å². The molecule has 0 radical (unpaired) electrons. The fourth-order valence-electron chi connectivity index (χ4n) is 2.90. The summed E-state index contributed by atoms with van der Waals surface area (Å²) in [6, 6.07) is 7.47. The summed E-state index contributed by atoms with van der Waals surface area (Å²) < 4.78 is 0.945. The molecule has 3 amide bonds. The number of hydrogen-bond donors (Lipinski definition) is 0. The molecule has 132 valence electrons. The molecule has 2 heterocycles. The van der Waals surface area contributed by atoms with E-state index in [9.17, 15) is 14.4 Å². The molecule has 2 aliphatic heterocycles. The Morgan fingerprint density at radius 3 is 2.36 bits per heavy atom. The van der Waals surface area contributed by atoms with Gasteiger partial charge in [-0.2, -0.15) is 0 Å². The minimum Gasteiger partial charge on any atom is -0.341 e. The second-order valence-corrected chi connectivity index (χ2v) is 8.02. The number of nitrogens with zero attached hydrogens (tertiary/aromatic N) is 2. The molecule has 1 aromatic rings. The molecule has 0 aromatic heterocycles. The number of carbonyl (C=O) groups is 3. The van der Waals surface area contributed by atoms with E-state index in [1.54, 1.807) is 11.0 Å². The molecule has 0 atom stereocenters. The summed E-state index contributed by atoms with van der Waals surface area (Å²) in [4.78, 5) is 40.3. The minimum atomic E-state index is -0.388. The Morgan fingerprint density at radius 1 is 1.08 bits per heavy atom. The van der Waals surface area contributed by atoms with E-state index in [0.29, 0.717) is 18.0 Å². The van der Waals surface area contributed by atoms with Gasteiger partial charge in [0, 0.05) is 17.6 Å². The van der Waals surface area contributed by atoms with Crippen LogP contribution in [0.4, 0.5) is 4.79 Å². The highest BCUT2D eigenvalue weighted by Gasteiger charge is 2.37. The lowest BCUT2D eigenvalue weighted by molar-refractivity contribution is -0.135. The molecule has 0 saturated carbocycles. The third-order valence-electron chi connectivity index (χ3n) is 4.29. The number of halogens is 1. The maximum Gasteiger partial charge on any atom is 0.294 e. The van der Waals surface area contributed by atoms with Crippen molar-refractivity contribution in [3.63, 3.8) is 0 Å². The monoisotopic (exact) mass is 422 g/mol. The number of hydrogen-bond acceptors (Lipinski definition) is 4. The summed E-state index contributed by atoms with van der Waals surface area (Å²) in [5.74, 6) is -0.532. The number of carbonyl (C=O) groups excluding carboxylic acids is 3. The molecule has 0 unspecified atom stereocenters. The molecule has 7 heteroatoms. The van der Waals surface area contributed by atoms with Crippen LogP contribution in [0.1, 0.15) is 31.2 Å². The Balaban J connectivity index is 1.68. The average Bonchev–Trinajstić information content (AvgIpc) is 2.80. The number of thioether (sulfide) groups is 1. The molecular weight excluding hydrogens is 404 g/mol. The van der Waals surface area contributed by atoms with Crippen molar-refractivity contribution >= 4 is 50.8 Å². The van der Waals surface area contributed by atoms with Gasteiger partial charge in [0.15, 0.2) is 0 Å². The van der Waals surface area contributed by atoms with Gasteiger partial charge in [-0.15, -0.1) is 0 Å². The van der Waals surface area contributed by atoms with Crippen LogP contribution in [0.25, 0.3) is 6.08 Å². The molecule has 25 heavy (non-hydrogen) atoms. The highest BCUT2D eigenvalue weighted by atomic mass is 79.9. The van der Waals surface area contributed by atoms with Gasteiger partial charge in [0.1, 0.15) is 6.54 Å². The van der Waals surface area contributed by atoms with Crippen LogP contribution in [0.15, 0.2) is 33.6 Å². The Bertz CT molecular complexity index is 710. The van der Waals surface area contributed by atoms with Crippen LogP contribution >= 0.6 is 27.7 Å². The van der Waals surface area contributed by atoms with E-state index >= 15 is 0 Å². The number of likely N-dealkylation sites (tertiary alicyclic amines) is 1. The fourth-order valence-corrected chi connectivity index (χ4v) is 4.00. The van der Waals surface area contributed by atoms with Crippen LogP contribution in [0.3, 0.4) is 0 Å². The Morgan fingerprint density at radius 2 is 1.72 bits per heavy atom. The Kier molecular flexibility index (Phi) is 5.96. The number of rotatable bonds is 3. The normalized spacial score (nSPS) is 20.3. The lowest BCUT2D eigenvalue weighted by atomic mass is 10.2. The van der Waals surface area contributed by atoms with Gasteiger partial charge < -0.3 is 4.90 Å². The van der Waals surface area contributed by atoms with Crippen molar-refractivity contribution in [2.24, 2.45) is 0 Å². The van der Waals surface area contributed by atoms with Crippen LogP contribution in [0, 0.1) is 0 Å². The highest BCUT2D eigenvalue weighted by Crippen LogP contribution is 2.32. The molecule has 5 nitrogen and oxygen atoms in total. The smallest absolute Gasteiger partial charge is 0.294 e. The van der Waals surface area contributed by atoms with E-state index in [4.69, 9.17) is 0 Å². The average molecular weight is 423 g/mol. The van der Waals surface area contributed by atoms with Gasteiger partial charge in [-0.25, -0.2) is 0 Å². The van der Waals surface area contributed by atoms with E-state index in [2.05, 4.69) is 15.9 Å². The Labute approximate surface area is 159 Å². The van der Waals surface area contributed by atoms with E-state index < -0.39 is 0 Å². The number of imide groups is 1. The third kappa shape index (κ3) is 4.52. The van der Waals surface area contributed by atoms with Gasteiger partial charge in [-0.05, 0) is 48.4 Å². The zero-order valence-electron chi connectivity index (χ0n) is 13.7. The number of amides is 3. The van der Waals surface area contributed by atoms with Crippen molar-refractivity contribution in [1.29, 1.82) is 0 Å². The van der Waals surface area contributed by atoms with Gasteiger partial charge in [-0.1, -0.05) is 40.9 Å². The summed E-state index contributed by atoms with van der Waals surface area (Å²) in [6.45, 7) is 1.26. The SMILES string of the molecule is O=C(CN1C(=O)SC(=Cc2ccc(Br)cc2)C1=O)N1CCCCCC1. The molecule has 0 spiro atoms. The topological polar surface area (TPSA) is 57.7 Å². The van der Waals surface area contributed by atoms with Gasteiger partial charge in [-0.3, -0.25) is 19.3 Å². The minimum absolute atomic E-state index is 0.144. The molecular formula is C18H19BrN2O3S. The summed E-state index contributed by atoms with van der Waals surface area (Å²) in [5, 5.41) is -0.378. The molecule has 2 aliphatic rings. The van der Waals surface area contributed by atoms with Gasteiger partial charge in [0.05, 0.1) is 4.91 Å². The van der Waals surface area contributed by atoms with Crippen LogP contribution in [-0.4, -0.2) is 46.5 Å². The standard InChI is InChI=1S/C18H19BrN2O3S/c19-14-7-5-13(6-8-14)11-15-17(23)21(18(24)25-15)12-16(22)20-9-3-1-2-4-10-20/h5-8,11H,1-4,9-10,12H2. The fraction of sp³-hybridized carbons (Fsp3) is 0.389. The van der Waals surface area contributed by atoms with Crippen molar-refractivity contribution in [2.75, 3.05) is 19.6 Å². The second kappa shape index (κ2) is 8.19. The Hall–Kier alpha value is -1.60. The maximum absolute atomic E-state index is 12.5. The van der Waals surface area contributed by atoms with E-state index in [-0.39, 0.29) is 23.6 Å². The predicted octanol–water partition coefficient (Wildman–Crippen LogP) is 3.89. The van der Waals surface area contributed by atoms with Crippen LogP contribution in [-0.2, 0) is 9.59 Å². The maximum atomic E-state index is 12.5. The van der Waals surface area contributed by atoms with Crippen molar-refractivity contribution in [3.8, 4) is 0 Å². The molecule has 0 aliphatic carbocycles. The molecule has 3 rings (SSSR count). The van der Waals surface area contributed by atoms with E-state index in [1.165, 1.54) is 0 Å². The molecule has 1 aromatic carbocycles. The highest BCUT2D eigenvalue weighted by molar-refractivity contribution is 9.10. The largest absolute Gasteiger partial charge is 0.341 e. The predicted molar refractivity (Wildman–Crippen MR) is 102 cm³/mol. The van der Waals surface area contributed by atoms with Gasteiger partial charge >= 0.3 is 0 Å². The summed E-state index contributed by atoms with van der Waals surface area (Å²) >= 11 is 4.25. The first kappa shape index (κ1) is 18.2. The molecule has 2 saturated heterocycles. The van der Waals surface area contributed by atoms with Gasteiger partial charge in [0.2, 0.25) is 5.91 Å². The van der Waals surface area contributed by atoms with Gasteiger partial charge in [0.25, 0.3) is 11.1 Å². The zero-order chi connectivity index (χ0) is 17.8. The second-order valence-electron chi connectivity index (χ2n) is 6.11. The van der Waals surface area contributed by atoms with E-state index in [1.807, 2.05) is 24.3 Å². The summed E-state index contributed by atoms with van der Waals surface area (Å²) in [7, 11) is 0. The molecule has 2 fully saturated rings. The van der Waals surface area contributed by atoms with E-state index in [0.717, 1.165) is 52.4 Å². The summed E-state index contributed by atoms with van der Waals surface area (Å²) in [6.07, 6.45) is 5.91. The molecule has 0 bridgehead atoms.